The molecule has 1 aliphatic rings. The molecule has 0 saturated carbocycles. The van der Waals surface area contributed by atoms with Crippen LogP contribution in [-0.2, 0) is 0 Å². The minimum Gasteiger partial charge on any atom is -0.330 e. The van der Waals surface area contributed by atoms with Crippen LogP contribution in [0.2, 0.25) is 0 Å². The Labute approximate surface area is 96.2 Å². The van der Waals surface area contributed by atoms with Crippen LogP contribution in [0.25, 0.3) is 0 Å². The van der Waals surface area contributed by atoms with Gasteiger partial charge in [0.2, 0.25) is 0 Å². The van der Waals surface area contributed by atoms with E-state index in [0.717, 1.165) is 17.5 Å². The van der Waals surface area contributed by atoms with Crippen LogP contribution in [0.3, 0.4) is 0 Å². The number of fused-ring (bicyclic) bond motifs is 1. The smallest absolute Gasteiger partial charge is 0.254 e. The van der Waals surface area contributed by atoms with Crippen LogP contribution in [0.1, 0.15) is 42.2 Å². The lowest BCUT2D eigenvalue weighted by atomic mass is 10.0. The maximum atomic E-state index is 12.2. The van der Waals surface area contributed by atoms with Gasteiger partial charge in [0.1, 0.15) is 0 Å². The van der Waals surface area contributed by atoms with Gasteiger partial charge in [-0.3, -0.25) is 4.79 Å². The first-order valence-corrected chi connectivity index (χ1v) is 5.78. The third-order valence-corrected chi connectivity index (χ3v) is 3.12. The Balaban J connectivity index is 2.43. The van der Waals surface area contributed by atoms with Crippen LogP contribution in [-0.4, -0.2) is 23.4 Å². The van der Waals surface area contributed by atoms with E-state index in [0.29, 0.717) is 6.54 Å². The van der Waals surface area contributed by atoms with Crippen molar-refractivity contribution in [2.75, 3.05) is 6.54 Å². The van der Waals surface area contributed by atoms with E-state index >= 15 is 0 Å². The molecular formula is C13H18N2O. The molecule has 0 saturated heterocycles. The molecule has 1 aliphatic heterocycles. The zero-order chi connectivity index (χ0) is 11.7. The van der Waals surface area contributed by atoms with Crippen molar-refractivity contribution in [3.05, 3.63) is 35.4 Å². The first-order chi connectivity index (χ1) is 7.66. The standard InChI is InChI=1S/C13H18N2O/c1-9(2)15-12(7-8-14)10-5-3-4-6-11(10)13(15)16/h3-6,9,12H,7-8,14H2,1-2H3. The third kappa shape index (κ3) is 1.61. The average molecular weight is 218 g/mol. The molecule has 2 N–H and O–H groups in total. The molecule has 0 radical (unpaired) electrons. The van der Waals surface area contributed by atoms with Gasteiger partial charge in [0.15, 0.2) is 0 Å². The molecule has 1 aromatic rings. The van der Waals surface area contributed by atoms with Crippen LogP contribution < -0.4 is 5.73 Å². The zero-order valence-corrected chi connectivity index (χ0v) is 9.81. The Kier molecular flexibility index (Phi) is 2.97. The number of nitrogens with zero attached hydrogens (tertiary/aromatic N) is 1. The number of hydrogen-bond donors (Lipinski definition) is 1. The molecule has 16 heavy (non-hydrogen) atoms. The SMILES string of the molecule is CC(C)N1C(=O)c2ccccc2C1CCN. The molecule has 3 heteroatoms. The monoisotopic (exact) mass is 218 g/mol. The van der Waals surface area contributed by atoms with Crippen molar-refractivity contribution in [3.8, 4) is 0 Å². The van der Waals surface area contributed by atoms with Gasteiger partial charge in [-0.15, -0.1) is 0 Å². The predicted molar refractivity (Wildman–Crippen MR) is 64.2 cm³/mol. The topological polar surface area (TPSA) is 46.3 Å². The summed E-state index contributed by atoms with van der Waals surface area (Å²) in [7, 11) is 0. The van der Waals surface area contributed by atoms with Gasteiger partial charge in [-0.2, -0.15) is 0 Å². The minimum atomic E-state index is 0.143. The van der Waals surface area contributed by atoms with Crippen molar-refractivity contribution in [3.63, 3.8) is 0 Å². The fraction of sp³-hybridized carbons (Fsp3) is 0.462. The molecule has 0 bridgehead atoms. The largest absolute Gasteiger partial charge is 0.330 e. The van der Waals surface area contributed by atoms with E-state index in [1.54, 1.807) is 0 Å². The molecule has 1 unspecified atom stereocenters. The number of benzene rings is 1. The van der Waals surface area contributed by atoms with E-state index in [1.807, 2.05) is 43.0 Å². The van der Waals surface area contributed by atoms with Crippen molar-refractivity contribution in [2.45, 2.75) is 32.4 Å². The lowest BCUT2D eigenvalue weighted by Gasteiger charge is -2.28. The zero-order valence-electron chi connectivity index (χ0n) is 9.81. The number of rotatable bonds is 3. The summed E-state index contributed by atoms with van der Waals surface area (Å²) in [5, 5.41) is 0. The fourth-order valence-corrected chi connectivity index (χ4v) is 2.46. The molecule has 3 nitrogen and oxygen atoms in total. The van der Waals surface area contributed by atoms with Gasteiger partial charge < -0.3 is 10.6 Å². The van der Waals surface area contributed by atoms with Crippen LogP contribution in [0, 0.1) is 0 Å². The van der Waals surface area contributed by atoms with Crippen LogP contribution in [0.5, 0.6) is 0 Å². The van der Waals surface area contributed by atoms with Gasteiger partial charge in [-0.05, 0) is 38.4 Å². The molecule has 0 spiro atoms. The summed E-state index contributed by atoms with van der Waals surface area (Å²) in [5.41, 5.74) is 7.61. The first kappa shape index (κ1) is 11.1. The summed E-state index contributed by atoms with van der Waals surface area (Å²) in [6, 6.07) is 8.23. The van der Waals surface area contributed by atoms with Gasteiger partial charge in [0, 0.05) is 11.6 Å². The van der Waals surface area contributed by atoms with Gasteiger partial charge in [0.25, 0.3) is 5.91 Å². The summed E-state index contributed by atoms with van der Waals surface area (Å²) < 4.78 is 0. The molecule has 1 heterocycles. The Morgan fingerprint density at radius 2 is 2.06 bits per heavy atom. The number of amides is 1. The van der Waals surface area contributed by atoms with E-state index in [1.165, 1.54) is 0 Å². The van der Waals surface area contributed by atoms with Crippen molar-refractivity contribution in [1.29, 1.82) is 0 Å². The summed E-state index contributed by atoms with van der Waals surface area (Å²) in [4.78, 5) is 14.2. The lowest BCUT2D eigenvalue weighted by molar-refractivity contribution is 0.0655. The Morgan fingerprint density at radius 1 is 1.38 bits per heavy atom. The van der Waals surface area contributed by atoms with Crippen molar-refractivity contribution in [2.24, 2.45) is 5.73 Å². The van der Waals surface area contributed by atoms with Crippen molar-refractivity contribution in [1.82, 2.24) is 4.90 Å². The third-order valence-electron chi connectivity index (χ3n) is 3.12. The summed E-state index contributed by atoms with van der Waals surface area (Å²) in [6.45, 7) is 4.70. The van der Waals surface area contributed by atoms with E-state index in [9.17, 15) is 4.79 Å². The van der Waals surface area contributed by atoms with Crippen LogP contribution in [0.15, 0.2) is 24.3 Å². The van der Waals surface area contributed by atoms with Crippen LogP contribution >= 0.6 is 0 Å². The van der Waals surface area contributed by atoms with E-state index in [-0.39, 0.29) is 18.0 Å². The fourth-order valence-electron chi connectivity index (χ4n) is 2.46. The quantitative estimate of drug-likeness (QED) is 0.842. The van der Waals surface area contributed by atoms with Crippen LogP contribution in [0.4, 0.5) is 0 Å². The highest BCUT2D eigenvalue weighted by Crippen LogP contribution is 2.36. The normalized spacial score (nSPS) is 19.4. The second-order valence-electron chi connectivity index (χ2n) is 4.49. The molecular weight excluding hydrogens is 200 g/mol. The highest BCUT2D eigenvalue weighted by Gasteiger charge is 2.36. The predicted octanol–water partition coefficient (Wildman–Crippen LogP) is 1.94. The highest BCUT2D eigenvalue weighted by molar-refractivity contribution is 5.99. The lowest BCUT2D eigenvalue weighted by Crippen LogP contribution is -2.35. The first-order valence-electron chi connectivity index (χ1n) is 5.78. The van der Waals surface area contributed by atoms with Gasteiger partial charge in [0.05, 0.1) is 6.04 Å². The number of carbonyl (C=O) groups excluding carboxylic acids is 1. The molecule has 1 atom stereocenters. The van der Waals surface area contributed by atoms with E-state index in [2.05, 4.69) is 0 Å². The maximum Gasteiger partial charge on any atom is 0.254 e. The second kappa shape index (κ2) is 4.26. The van der Waals surface area contributed by atoms with E-state index in [4.69, 9.17) is 5.73 Å². The summed E-state index contributed by atoms with van der Waals surface area (Å²) in [5.74, 6) is 0.143. The van der Waals surface area contributed by atoms with Crippen molar-refractivity contribution < 1.29 is 4.79 Å². The summed E-state index contributed by atoms with van der Waals surface area (Å²) in [6.07, 6.45) is 0.834. The molecule has 0 aromatic heterocycles. The van der Waals surface area contributed by atoms with Gasteiger partial charge >= 0.3 is 0 Å². The number of nitrogens with two attached hydrogens (primary N) is 1. The maximum absolute atomic E-state index is 12.2. The highest BCUT2D eigenvalue weighted by atomic mass is 16.2. The molecule has 0 fully saturated rings. The minimum absolute atomic E-state index is 0.143. The second-order valence-corrected chi connectivity index (χ2v) is 4.49. The number of carbonyl (C=O) groups is 1. The molecule has 0 aliphatic carbocycles. The van der Waals surface area contributed by atoms with E-state index < -0.39 is 0 Å². The average Bonchev–Trinajstić information content (AvgIpc) is 2.54. The molecule has 86 valence electrons. The van der Waals surface area contributed by atoms with Gasteiger partial charge in [-0.1, -0.05) is 18.2 Å². The Bertz CT molecular complexity index is 401. The van der Waals surface area contributed by atoms with Gasteiger partial charge in [-0.25, -0.2) is 0 Å². The van der Waals surface area contributed by atoms with Crippen molar-refractivity contribution >= 4 is 5.91 Å². The summed E-state index contributed by atoms with van der Waals surface area (Å²) >= 11 is 0. The Morgan fingerprint density at radius 3 is 2.69 bits per heavy atom. The molecule has 1 aromatic carbocycles. The molecule has 2 rings (SSSR count). The Hall–Kier alpha value is -1.35. The number of hydrogen-bond acceptors (Lipinski definition) is 2. The molecule has 1 amide bonds.